The lowest BCUT2D eigenvalue weighted by atomic mass is 10.0. The summed E-state index contributed by atoms with van der Waals surface area (Å²) < 4.78 is 18.1. The first-order chi connectivity index (χ1) is 7.95. The number of carbonyl (C=O) groups excluding carboxylic acids is 1. The van der Waals surface area contributed by atoms with Gasteiger partial charge in [-0.3, -0.25) is 4.79 Å². The maximum Gasteiger partial charge on any atom is 0.241 e. The van der Waals surface area contributed by atoms with Crippen LogP contribution in [0.15, 0.2) is 18.2 Å². The Morgan fingerprint density at radius 1 is 1.44 bits per heavy atom. The highest BCUT2D eigenvalue weighted by Crippen LogP contribution is 2.20. The summed E-state index contributed by atoms with van der Waals surface area (Å²) >= 11 is 0. The first kappa shape index (κ1) is 16.7. The van der Waals surface area contributed by atoms with Crippen LogP contribution in [-0.4, -0.2) is 19.1 Å². The van der Waals surface area contributed by atoms with Gasteiger partial charge >= 0.3 is 0 Å². The third-order valence-electron chi connectivity index (χ3n) is 2.44. The quantitative estimate of drug-likeness (QED) is 0.886. The van der Waals surface area contributed by atoms with Gasteiger partial charge in [-0.1, -0.05) is 13.8 Å². The summed E-state index contributed by atoms with van der Waals surface area (Å²) in [6, 6.07) is 3.60. The number of ether oxygens (including phenoxy) is 1. The number of halogens is 2. The van der Waals surface area contributed by atoms with Gasteiger partial charge in [-0.25, -0.2) is 4.39 Å². The maximum absolute atomic E-state index is 13.4. The van der Waals surface area contributed by atoms with E-state index < -0.39 is 11.9 Å². The normalized spacial score (nSPS) is 11.7. The molecule has 0 spiro atoms. The van der Waals surface area contributed by atoms with E-state index in [1.54, 1.807) is 6.07 Å². The van der Waals surface area contributed by atoms with Crippen LogP contribution in [0.4, 0.5) is 10.1 Å². The largest absolute Gasteiger partial charge is 0.494 e. The second-order valence-corrected chi connectivity index (χ2v) is 4.11. The number of amides is 1. The Hall–Kier alpha value is -1.33. The molecule has 0 aliphatic heterocycles. The third-order valence-corrected chi connectivity index (χ3v) is 2.44. The van der Waals surface area contributed by atoms with E-state index in [4.69, 9.17) is 10.5 Å². The van der Waals surface area contributed by atoms with E-state index in [0.717, 1.165) is 0 Å². The van der Waals surface area contributed by atoms with Gasteiger partial charge in [0.05, 0.1) is 13.2 Å². The van der Waals surface area contributed by atoms with Crippen LogP contribution in [0.2, 0.25) is 0 Å². The molecular formula is C12H18ClFN2O2. The highest BCUT2D eigenvalue weighted by atomic mass is 35.5. The van der Waals surface area contributed by atoms with Crippen molar-refractivity contribution in [2.75, 3.05) is 12.4 Å². The van der Waals surface area contributed by atoms with Crippen LogP contribution in [0.1, 0.15) is 13.8 Å². The van der Waals surface area contributed by atoms with Gasteiger partial charge < -0.3 is 15.8 Å². The monoisotopic (exact) mass is 276 g/mol. The van der Waals surface area contributed by atoms with E-state index >= 15 is 0 Å². The average Bonchev–Trinajstić information content (AvgIpc) is 2.28. The van der Waals surface area contributed by atoms with Gasteiger partial charge in [0, 0.05) is 11.8 Å². The fraction of sp³-hybridized carbons (Fsp3) is 0.417. The van der Waals surface area contributed by atoms with Crippen molar-refractivity contribution >= 4 is 24.0 Å². The van der Waals surface area contributed by atoms with E-state index in [9.17, 15) is 9.18 Å². The predicted molar refractivity (Wildman–Crippen MR) is 71.6 cm³/mol. The summed E-state index contributed by atoms with van der Waals surface area (Å²) in [5, 5.41) is 2.56. The molecule has 0 heterocycles. The maximum atomic E-state index is 13.4. The van der Waals surface area contributed by atoms with Crippen molar-refractivity contribution in [1.82, 2.24) is 0 Å². The zero-order valence-corrected chi connectivity index (χ0v) is 11.4. The smallest absolute Gasteiger partial charge is 0.241 e. The Kier molecular flexibility index (Phi) is 6.65. The molecule has 1 unspecified atom stereocenters. The van der Waals surface area contributed by atoms with E-state index in [1.807, 2.05) is 13.8 Å². The molecule has 0 fully saturated rings. The molecule has 0 bridgehead atoms. The van der Waals surface area contributed by atoms with Crippen molar-refractivity contribution < 1.29 is 13.9 Å². The summed E-state index contributed by atoms with van der Waals surface area (Å²) in [4.78, 5) is 11.6. The number of rotatable bonds is 4. The SMILES string of the molecule is COc1ccc(NC(=O)C(N)C(C)C)cc1F.Cl. The topological polar surface area (TPSA) is 64.3 Å². The average molecular weight is 277 g/mol. The number of nitrogens with two attached hydrogens (primary N) is 1. The molecule has 1 amide bonds. The third kappa shape index (κ3) is 4.16. The lowest BCUT2D eigenvalue weighted by molar-refractivity contribution is -0.118. The minimum absolute atomic E-state index is 0. The summed E-state index contributed by atoms with van der Waals surface area (Å²) in [5.74, 6) is -0.692. The predicted octanol–water partition coefficient (Wildman–Crippen LogP) is 2.18. The Bertz CT molecular complexity index is 413. The molecule has 1 aromatic rings. The van der Waals surface area contributed by atoms with Crippen LogP contribution in [0.25, 0.3) is 0 Å². The summed E-state index contributed by atoms with van der Waals surface area (Å²) in [5.41, 5.74) is 6.04. The zero-order valence-electron chi connectivity index (χ0n) is 10.6. The Labute approximate surface area is 112 Å². The van der Waals surface area contributed by atoms with Gasteiger partial charge in [-0.2, -0.15) is 0 Å². The summed E-state index contributed by atoms with van der Waals surface area (Å²) in [6.45, 7) is 3.69. The standard InChI is InChI=1S/C12H17FN2O2.ClH/c1-7(2)11(14)12(16)15-8-4-5-10(17-3)9(13)6-8;/h4-7,11H,14H2,1-3H3,(H,15,16);1H. The zero-order chi connectivity index (χ0) is 13.0. The van der Waals surface area contributed by atoms with Crippen molar-refractivity contribution in [2.24, 2.45) is 11.7 Å². The molecule has 0 aliphatic carbocycles. The molecule has 0 radical (unpaired) electrons. The molecule has 1 atom stereocenters. The first-order valence-electron chi connectivity index (χ1n) is 5.35. The van der Waals surface area contributed by atoms with Crippen molar-refractivity contribution in [1.29, 1.82) is 0 Å². The van der Waals surface area contributed by atoms with Crippen LogP contribution in [0.5, 0.6) is 5.75 Å². The van der Waals surface area contributed by atoms with E-state index in [2.05, 4.69) is 5.32 Å². The fourth-order valence-electron chi connectivity index (χ4n) is 1.27. The molecule has 1 rings (SSSR count). The fourth-order valence-corrected chi connectivity index (χ4v) is 1.27. The number of carbonyl (C=O) groups is 1. The number of anilines is 1. The number of methoxy groups -OCH3 is 1. The van der Waals surface area contributed by atoms with E-state index in [-0.39, 0.29) is 30.0 Å². The van der Waals surface area contributed by atoms with Crippen LogP contribution in [0.3, 0.4) is 0 Å². The molecule has 1 aromatic carbocycles. The minimum Gasteiger partial charge on any atom is -0.494 e. The number of hydrogen-bond donors (Lipinski definition) is 2. The first-order valence-corrected chi connectivity index (χ1v) is 5.35. The molecule has 4 nitrogen and oxygen atoms in total. The molecule has 0 aromatic heterocycles. The lowest BCUT2D eigenvalue weighted by Gasteiger charge is -2.15. The van der Waals surface area contributed by atoms with E-state index in [1.165, 1.54) is 19.2 Å². The molecule has 102 valence electrons. The lowest BCUT2D eigenvalue weighted by Crippen LogP contribution is -2.39. The number of nitrogens with one attached hydrogen (secondary N) is 1. The summed E-state index contributed by atoms with van der Waals surface area (Å²) in [7, 11) is 1.38. The second kappa shape index (κ2) is 7.18. The van der Waals surface area contributed by atoms with Gasteiger partial charge in [-0.05, 0) is 18.1 Å². The van der Waals surface area contributed by atoms with Crippen LogP contribution in [0, 0.1) is 11.7 Å². The molecule has 18 heavy (non-hydrogen) atoms. The minimum atomic E-state index is -0.611. The van der Waals surface area contributed by atoms with Crippen LogP contribution >= 0.6 is 12.4 Å². The van der Waals surface area contributed by atoms with Gasteiger partial charge in [0.15, 0.2) is 11.6 Å². The molecule has 0 aliphatic rings. The van der Waals surface area contributed by atoms with Crippen molar-refractivity contribution in [3.8, 4) is 5.75 Å². The van der Waals surface area contributed by atoms with Crippen LogP contribution in [-0.2, 0) is 4.79 Å². The molecule has 6 heteroatoms. The Morgan fingerprint density at radius 3 is 2.50 bits per heavy atom. The molecule has 0 saturated carbocycles. The number of hydrogen-bond acceptors (Lipinski definition) is 3. The van der Waals surface area contributed by atoms with E-state index in [0.29, 0.717) is 5.69 Å². The molecular weight excluding hydrogens is 259 g/mol. The highest BCUT2D eigenvalue weighted by Gasteiger charge is 2.17. The van der Waals surface area contributed by atoms with Crippen molar-refractivity contribution in [3.05, 3.63) is 24.0 Å². The van der Waals surface area contributed by atoms with Gasteiger partial charge in [0.25, 0.3) is 0 Å². The summed E-state index contributed by atoms with van der Waals surface area (Å²) in [6.07, 6.45) is 0. The number of benzene rings is 1. The van der Waals surface area contributed by atoms with Gasteiger partial charge in [0.2, 0.25) is 5.91 Å². The Morgan fingerprint density at radius 2 is 2.06 bits per heavy atom. The van der Waals surface area contributed by atoms with Crippen molar-refractivity contribution in [3.63, 3.8) is 0 Å². The molecule has 3 N–H and O–H groups in total. The highest BCUT2D eigenvalue weighted by molar-refractivity contribution is 5.94. The molecule has 0 saturated heterocycles. The van der Waals surface area contributed by atoms with Gasteiger partial charge in [-0.15, -0.1) is 12.4 Å². The second-order valence-electron chi connectivity index (χ2n) is 4.11. The Balaban J connectivity index is 0.00000289. The van der Waals surface area contributed by atoms with Crippen molar-refractivity contribution in [2.45, 2.75) is 19.9 Å². The van der Waals surface area contributed by atoms with Crippen LogP contribution < -0.4 is 15.8 Å². The van der Waals surface area contributed by atoms with Gasteiger partial charge in [0.1, 0.15) is 0 Å².